The Hall–Kier alpha value is -1.46. The zero-order valence-electron chi connectivity index (χ0n) is 13.1. The highest BCUT2D eigenvalue weighted by Gasteiger charge is 2.26. The van der Waals surface area contributed by atoms with E-state index in [0.717, 1.165) is 50.5 Å². The lowest BCUT2D eigenvalue weighted by atomic mass is 9.93. The molecular formula is C18H22ClN3O. The molecule has 3 heterocycles. The summed E-state index contributed by atoms with van der Waals surface area (Å²) in [6.07, 6.45) is 0.984. The smallest absolute Gasteiger partial charge is 0.0856 e. The fourth-order valence-electron chi connectivity index (χ4n) is 3.66. The number of halogens is 1. The molecule has 122 valence electrons. The van der Waals surface area contributed by atoms with Gasteiger partial charge in [-0.3, -0.25) is 9.88 Å². The van der Waals surface area contributed by atoms with Crippen LogP contribution >= 0.6 is 12.4 Å². The molecule has 0 aliphatic carbocycles. The van der Waals surface area contributed by atoms with Crippen LogP contribution in [0, 0.1) is 0 Å². The maximum absolute atomic E-state index is 9.63. The minimum atomic E-state index is 0. The number of pyridine rings is 1. The quantitative estimate of drug-likeness (QED) is 0.905. The Morgan fingerprint density at radius 2 is 1.91 bits per heavy atom. The Balaban J connectivity index is 0.00000156. The molecule has 2 N–H and O–H groups in total. The van der Waals surface area contributed by atoms with Gasteiger partial charge in [-0.2, -0.15) is 0 Å². The Kier molecular flexibility index (Phi) is 4.97. The molecular weight excluding hydrogens is 310 g/mol. The molecule has 0 saturated carbocycles. The molecule has 0 saturated heterocycles. The zero-order chi connectivity index (χ0) is 14.9. The first-order valence-electron chi connectivity index (χ1n) is 7.95. The topological polar surface area (TPSA) is 48.4 Å². The second kappa shape index (κ2) is 6.97. The average Bonchev–Trinajstić information content (AvgIpc) is 3.03. The first-order valence-corrected chi connectivity index (χ1v) is 7.95. The van der Waals surface area contributed by atoms with Crippen LogP contribution in [0.1, 0.15) is 33.6 Å². The third-order valence-electron chi connectivity index (χ3n) is 4.75. The highest BCUT2D eigenvalue weighted by Crippen LogP contribution is 2.30. The Bertz CT molecular complexity index is 690. The van der Waals surface area contributed by atoms with Crippen molar-refractivity contribution in [2.24, 2.45) is 0 Å². The average molecular weight is 332 g/mol. The molecule has 2 aliphatic heterocycles. The van der Waals surface area contributed by atoms with Crippen LogP contribution in [0.2, 0.25) is 0 Å². The van der Waals surface area contributed by atoms with Crippen molar-refractivity contribution in [2.45, 2.75) is 39.2 Å². The molecule has 4 rings (SSSR count). The highest BCUT2D eigenvalue weighted by atomic mass is 35.5. The molecule has 2 aliphatic rings. The molecule has 1 aromatic heterocycles. The van der Waals surface area contributed by atoms with E-state index in [2.05, 4.69) is 45.5 Å². The number of rotatable bonds is 3. The van der Waals surface area contributed by atoms with Gasteiger partial charge < -0.3 is 10.4 Å². The third kappa shape index (κ3) is 3.12. The lowest BCUT2D eigenvalue weighted by Gasteiger charge is -2.31. The minimum Gasteiger partial charge on any atom is -0.390 e. The number of aliphatic hydroxyl groups is 1. The predicted octanol–water partition coefficient (Wildman–Crippen LogP) is 2.16. The Morgan fingerprint density at radius 1 is 1.09 bits per heavy atom. The molecule has 0 fully saturated rings. The fraction of sp³-hybridized carbons (Fsp3) is 0.389. The van der Waals surface area contributed by atoms with Crippen molar-refractivity contribution in [2.75, 3.05) is 6.54 Å². The van der Waals surface area contributed by atoms with Gasteiger partial charge in [0, 0.05) is 32.7 Å². The zero-order valence-corrected chi connectivity index (χ0v) is 13.9. The summed E-state index contributed by atoms with van der Waals surface area (Å²) in [5.74, 6) is 0. The lowest BCUT2D eigenvalue weighted by Crippen LogP contribution is -2.32. The second-order valence-electron chi connectivity index (χ2n) is 6.15. The van der Waals surface area contributed by atoms with E-state index in [1.807, 2.05) is 0 Å². The monoisotopic (exact) mass is 331 g/mol. The molecule has 0 amide bonds. The van der Waals surface area contributed by atoms with E-state index < -0.39 is 0 Å². The van der Waals surface area contributed by atoms with Crippen LogP contribution in [0.4, 0.5) is 0 Å². The number of nitrogens with one attached hydrogen (secondary N) is 1. The first kappa shape index (κ1) is 16.4. The van der Waals surface area contributed by atoms with Gasteiger partial charge in [-0.15, -0.1) is 12.4 Å². The maximum atomic E-state index is 9.63. The normalized spacial score (nSPS) is 16.6. The Morgan fingerprint density at radius 3 is 2.70 bits per heavy atom. The number of hydrogen-bond donors (Lipinski definition) is 2. The fourth-order valence-corrected chi connectivity index (χ4v) is 3.66. The first-order chi connectivity index (χ1) is 10.8. The SMILES string of the molecule is Cl.OCc1nc2c(c3c1CCN(Cc1ccccc1)C3)CNC2. The number of benzene rings is 1. The highest BCUT2D eigenvalue weighted by molar-refractivity contribution is 5.85. The van der Waals surface area contributed by atoms with Crippen LogP contribution in [0.25, 0.3) is 0 Å². The Labute approximate surface area is 143 Å². The molecule has 23 heavy (non-hydrogen) atoms. The summed E-state index contributed by atoms with van der Waals surface area (Å²) < 4.78 is 0. The van der Waals surface area contributed by atoms with Gasteiger partial charge in [0.2, 0.25) is 0 Å². The van der Waals surface area contributed by atoms with E-state index in [1.54, 1.807) is 0 Å². The van der Waals surface area contributed by atoms with Crippen molar-refractivity contribution < 1.29 is 5.11 Å². The van der Waals surface area contributed by atoms with Crippen molar-refractivity contribution in [1.29, 1.82) is 0 Å². The molecule has 4 nitrogen and oxygen atoms in total. The van der Waals surface area contributed by atoms with Crippen molar-refractivity contribution >= 4 is 12.4 Å². The summed E-state index contributed by atoms with van der Waals surface area (Å²) in [6.45, 7) is 4.77. The maximum Gasteiger partial charge on any atom is 0.0856 e. The van der Waals surface area contributed by atoms with E-state index in [0.29, 0.717) is 0 Å². The molecule has 0 bridgehead atoms. The summed E-state index contributed by atoms with van der Waals surface area (Å²) in [5, 5.41) is 13.0. The van der Waals surface area contributed by atoms with E-state index in [-0.39, 0.29) is 19.0 Å². The minimum absolute atomic E-state index is 0. The number of hydrogen-bond acceptors (Lipinski definition) is 4. The van der Waals surface area contributed by atoms with Gasteiger partial charge in [-0.25, -0.2) is 0 Å². The lowest BCUT2D eigenvalue weighted by molar-refractivity contribution is 0.237. The van der Waals surface area contributed by atoms with Gasteiger partial charge in [0.05, 0.1) is 18.0 Å². The van der Waals surface area contributed by atoms with Gasteiger partial charge in [0.1, 0.15) is 0 Å². The van der Waals surface area contributed by atoms with Crippen LogP contribution in [0.5, 0.6) is 0 Å². The summed E-state index contributed by atoms with van der Waals surface area (Å²) in [6, 6.07) is 10.6. The van der Waals surface area contributed by atoms with Crippen LogP contribution in [0.15, 0.2) is 30.3 Å². The van der Waals surface area contributed by atoms with E-state index in [9.17, 15) is 5.11 Å². The number of aliphatic hydroxyl groups excluding tert-OH is 1. The van der Waals surface area contributed by atoms with Crippen LogP contribution < -0.4 is 5.32 Å². The van der Waals surface area contributed by atoms with Gasteiger partial charge >= 0.3 is 0 Å². The summed E-state index contributed by atoms with van der Waals surface area (Å²) in [4.78, 5) is 7.16. The summed E-state index contributed by atoms with van der Waals surface area (Å²) in [5.41, 5.74) is 7.43. The van der Waals surface area contributed by atoms with E-state index in [1.165, 1.54) is 22.3 Å². The standard InChI is InChI=1S/C18H21N3O.ClH/c22-12-18-14-6-7-21(10-13-4-2-1-3-5-13)11-16(14)15-8-19-9-17(15)20-18;/h1-5,19,22H,6-12H2;1H. The van der Waals surface area contributed by atoms with Crippen molar-refractivity contribution in [1.82, 2.24) is 15.2 Å². The molecule has 0 atom stereocenters. The van der Waals surface area contributed by atoms with Crippen LogP contribution in [-0.2, 0) is 39.2 Å². The van der Waals surface area contributed by atoms with Crippen LogP contribution in [-0.4, -0.2) is 21.5 Å². The molecule has 0 unspecified atom stereocenters. The summed E-state index contributed by atoms with van der Waals surface area (Å²) in [7, 11) is 0. The molecule has 0 spiro atoms. The van der Waals surface area contributed by atoms with Gasteiger partial charge in [0.25, 0.3) is 0 Å². The van der Waals surface area contributed by atoms with Crippen molar-refractivity contribution in [3.05, 3.63) is 64.0 Å². The number of nitrogens with zero attached hydrogens (tertiary/aromatic N) is 2. The molecule has 5 heteroatoms. The van der Waals surface area contributed by atoms with E-state index >= 15 is 0 Å². The molecule has 2 aromatic rings. The largest absolute Gasteiger partial charge is 0.390 e. The predicted molar refractivity (Wildman–Crippen MR) is 92.2 cm³/mol. The van der Waals surface area contributed by atoms with Gasteiger partial charge in [-0.05, 0) is 28.7 Å². The van der Waals surface area contributed by atoms with Crippen LogP contribution in [0.3, 0.4) is 0 Å². The van der Waals surface area contributed by atoms with Gasteiger partial charge in [0.15, 0.2) is 0 Å². The summed E-state index contributed by atoms with van der Waals surface area (Å²) >= 11 is 0. The molecule has 0 radical (unpaired) electrons. The second-order valence-corrected chi connectivity index (χ2v) is 6.15. The van der Waals surface area contributed by atoms with Gasteiger partial charge in [-0.1, -0.05) is 30.3 Å². The number of aromatic nitrogens is 1. The third-order valence-corrected chi connectivity index (χ3v) is 4.75. The number of fused-ring (bicyclic) bond motifs is 3. The van der Waals surface area contributed by atoms with Crippen molar-refractivity contribution in [3.8, 4) is 0 Å². The molecule has 1 aromatic carbocycles. The van der Waals surface area contributed by atoms with E-state index in [4.69, 9.17) is 0 Å². The van der Waals surface area contributed by atoms with Crippen molar-refractivity contribution in [3.63, 3.8) is 0 Å².